The van der Waals surface area contributed by atoms with Crippen LogP contribution in [-0.2, 0) is 14.8 Å². The van der Waals surface area contributed by atoms with Crippen LogP contribution in [0.1, 0.15) is 13.8 Å². The van der Waals surface area contributed by atoms with Crippen molar-refractivity contribution in [3.63, 3.8) is 0 Å². The quantitative estimate of drug-likeness (QED) is 0.722. The van der Waals surface area contributed by atoms with Gasteiger partial charge in [-0.15, -0.1) is 0 Å². The summed E-state index contributed by atoms with van der Waals surface area (Å²) < 4.78 is 31.4. The van der Waals surface area contributed by atoms with Crippen LogP contribution in [0.4, 0.5) is 5.95 Å². The van der Waals surface area contributed by atoms with Crippen molar-refractivity contribution in [2.45, 2.75) is 18.7 Å². The molecule has 0 radical (unpaired) electrons. The van der Waals surface area contributed by atoms with Crippen molar-refractivity contribution in [1.29, 1.82) is 0 Å². The molecule has 0 aromatic carbocycles. The van der Waals surface area contributed by atoms with Gasteiger partial charge in [0.15, 0.2) is 0 Å². The van der Waals surface area contributed by atoms with Crippen molar-refractivity contribution in [3.8, 4) is 0 Å². The molecule has 0 fully saturated rings. The van der Waals surface area contributed by atoms with E-state index in [4.69, 9.17) is 4.74 Å². The molecule has 2 N–H and O–H groups in total. The van der Waals surface area contributed by atoms with Gasteiger partial charge >= 0.3 is 0 Å². The van der Waals surface area contributed by atoms with Crippen LogP contribution in [0.2, 0.25) is 0 Å². The molecule has 1 atom stereocenters. The van der Waals surface area contributed by atoms with Gasteiger partial charge in [-0.05, 0) is 12.8 Å². The summed E-state index contributed by atoms with van der Waals surface area (Å²) in [5, 5.41) is 2.90. The first-order valence-corrected chi connectivity index (χ1v) is 7.52. The maximum atomic E-state index is 12.0. The second-order valence-electron chi connectivity index (χ2n) is 4.19. The van der Waals surface area contributed by atoms with Crippen LogP contribution in [0.25, 0.3) is 0 Å². The van der Waals surface area contributed by atoms with Gasteiger partial charge < -0.3 is 10.1 Å². The largest absolute Gasteiger partial charge is 0.384 e. The fraction of sp³-hybridized carbons (Fsp3) is 0.636. The van der Waals surface area contributed by atoms with Crippen LogP contribution in [0.3, 0.4) is 0 Å². The van der Waals surface area contributed by atoms with E-state index < -0.39 is 10.0 Å². The summed E-state index contributed by atoms with van der Waals surface area (Å²) in [5.74, 6) is 0.510. The van der Waals surface area contributed by atoms with Gasteiger partial charge in [0.25, 0.3) is 0 Å². The second kappa shape index (κ2) is 7.37. The van der Waals surface area contributed by atoms with Crippen molar-refractivity contribution in [2.24, 2.45) is 5.92 Å². The van der Waals surface area contributed by atoms with Crippen LogP contribution < -0.4 is 10.0 Å². The van der Waals surface area contributed by atoms with Crippen molar-refractivity contribution in [2.75, 3.05) is 32.1 Å². The Balaban J connectivity index is 2.66. The van der Waals surface area contributed by atoms with Gasteiger partial charge in [-0.1, -0.05) is 6.92 Å². The molecule has 108 valence electrons. The summed E-state index contributed by atoms with van der Waals surface area (Å²) in [6.07, 6.45) is 2.57. The van der Waals surface area contributed by atoms with Gasteiger partial charge in [-0.3, -0.25) is 0 Å². The van der Waals surface area contributed by atoms with Crippen LogP contribution >= 0.6 is 0 Å². The Hall–Kier alpha value is -1.25. The van der Waals surface area contributed by atoms with E-state index in [9.17, 15) is 8.42 Å². The van der Waals surface area contributed by atoms with E-state index >= 15 is 0 Å². The molecule has 0 spiro atoms. The Morgan fingerprint density at radius 1 is 1.37 bits per heavy atom. The fourth-order valence-corrected chi connectivity index (χ4v) is 2.44. The lowest BCUT2D eigenvalue weighted by Gasteiger charge is -2.11. The summed E-state index contributed by atoms with van der Waals surface area (Å²) in [6.45, 7) is 5.30. The van der Waals surface area contributed by atoms with E-state index in [0.29, 0.717) is 25.6 Å². The number of ether oxygens (including phenoxy) is 1. The molecule has 1 heterocycles. The molecule has 0 aliphatic carbocycles. The molecule has 0 aliphatic heterocycles. The third kappa shape index (κ3) is 5.09. The van der Waals surface area contributed by atoms with E-state index in [2.05, 4.69) is 20.0 Å². The van der Waals surface area contributed by atoms with E-state index in [1.54, 1.807) is 7.11 Å². The molecule has 0 amide bonds. The molecular formula is C11H20N4O3S. The van der Waals surface area contributed by atoms with Gasteiger partial charge in [0, 0.05) is 26.8 Å². The van der Waals surface area contributed by atoms with Crippen molar-refractivity contribution in [3.05, 3.63) is 12.4 Å². The van der Waals surface area contributed by atoms with Gasteiger partial charge in [0.05, 0.1) is 12.4 Å². The zero-order valence-electron chi connectivity index (χ0n) is 11.4. The van der Waals surface area contributed by atoms with Gasteiger partial charge in [0.1, 0.15) is 4.90 Å². The number of aromatic nitrogens is 2. The normalized spacial score (nSPS) is 13.2. The van der Waals surface area contributed by atoms with Crippen molar-refractivity contribution < 1.29 is 13.2 Å². The average Bonchev–Trinajstić information content (AvgIpc) is 2.38. The summed E-state index contributed by atoms with van der Waals surface area (Å²) in [6, 6.07) is 0. The first-order chi connectivity index (χ1) is 8.99. The van der Waals surface area contributed by atoms with Gasteiger partial charge in [-0.2, -0.15) is 0 Å². The highest BCUT2D eigenvalue weighted by molar-refractivity contribution is 7.89. The third-order valence-electron chi connectivity index (χ3n) is 2.35. The SMILES string of the molecule is CCNc1ncc(S(=O)(=O)NCC(C)COC)cn1. The molecule has 8 heteroatoms. The van der Waals surface area contributed by atoms with E-state index in [0.717, 1.165) is 0 Å². The minimum atomic E-state index is -3.56. The monoisotopic (exact) mass is 288 g/mol. The lowest BCUT2D eigenvalue weighted by molar-refractivity contribution is 0.161. The predicted octanol–water partition coefficient (Wildman–Crippen LogP) is 0.469. The standard InChI is InChI=1S/C11H20N4O3S/c1-4-12-11-13-6-10(7-14-11)19(16,17)15-5-9(2)8-18-3/h6-7,9,15H,4-5,8H2,1-3H3,(H,12,13,14). The van der Waals surface area contributed by atoms with E-state index in [1.165, 1.54) is 12.4 Å². The number of hydrogen-bond donors (Lipinski definition) is 2. The highest BCUT2D eigenvalue weighted by atomic mass is 32.2. The number of hydrogen-bond acceptors (Lipinski definition) is 6. The smallest absolute Gasteiger partial charge is 0.243 e. The Kier molecular flexibility index (Phi) is 6.13. The molecule has 1 rings (SSSR count). The Labute approximate surface area is 113 Å². The first-order valence-electron chi connectivity index (χ1n) is 6.04. The molecule has 0 aliphatic rings. The molecule has 19 heavy (non-hydrogen) atoms. The first kappa shape index (κ1) is 15.8. The molecule has 1 unspecified atom stereocenters. The van der Waals surface area contributed by atoms with Crippen LogP contribution in [0.15, 0.2) is 17.3 Å². The highest BCUT2D eigenvalue weighted by Gasteiger charge is 2.16. The molecule has 0 saturated carbocycles. The Morgan fingerprint density at radius 3 is 2.53 bits per heavy atom. The number of nitrogens with zero attached hydrogens (tertiary/aromatic N) is 2. The molecule has 1 aromatic rings. The number of rotatable bonds is 8. The van der Waals surface area contributed by atoms with Gasteiger partial charge in [0.2, 0.25) is 16.0 Å². The van der Waals surface area contributed by atoms with E-state index in [1.807, 2.05) is 13.8 Å². The highest BCUT2D eigenvalue weighted by Crippen LogP contribution is 2.07. The molecule has 7 nitrogen and oxygen atoms in total. The van der Waals surface area contributed by atoms with Crippen LogP contribution in [0, 0.1) is 5.92 Å². The lowest BCUT2D eigenvalue weighted by atomic mass is 10.2. The summed E-state index contributed by atoms with van der Waals surface area (Å²) in [7, 11) is -1.98. The number of sulfonamides is 1. The number of nitrogens with one attached hydrogen (secondary N) is 2. The molecule has 0 bridgehead atoms. The fourth-order valence-electron chi connectivity index (χ4n) is 1.38. The minimum absolute atomic E-state index is 0.0544. The van der Waals surface area contributed by atoms with E-state index in [-0.39, 0.29) is 10.8 Å². The number of anilines is 1. The van der Waals surface area contributed by atoms with Crippen molar-refractivity contribution in [1.82, 2.24) is 14.7 Å². The molecule has 1 aromatic heterocycles. The molecular weight excluding hydrogens is 268 g/mol. The van der Waals surface area contributed by atoms with Crippen LogP contribution in [0.5, 0.6) is 0 Å². The maximum absolute atomic E-state index is 12.0. The second-order valence-corrected chi connectivity index (χ2v) is 5.95. The Bertz CT molecular complexity index is 475. The van der Waals surface area contributed by atoms with Crippen molar-refractivity contribution >= 4 is 16.0 Å². The topological polar surface area (TPSA) is 93.2 Å². The predicted molar refractivity (Wildman–Crippen MR) is 72.4 cm³/mol. The summed E-state index contributed by atoms with van der Waals surface area (Å²) in [4.78, 5) is 7.92. The third-order valence-corrected chi connectivity index (χ3v) is 3.72. The molecule has 0 saturated heterocycles. The maximum Gasteiger partial charge on any atom is 0.243 e. The summed E-state index contributed by atoms with van der Waals surface area (Å²) >= 11 is 0. The zero-order chi connectivity index (χ0) is 14.3. The van der Waals surface area contributed by atoms with Gasteiger partial charge in [-0.25, -0.2) is 23.1 Å². The lowest BCUT2D eigenvalue weighted by Crippen LogP contribution is -2.30. The summed E-state index contributed by atoms with van der Waals surface area (Å²) in [5.41, 5.74) is 0. The zero-order valence-corrected chi connectivity index (χ0v) is 12.2. The van der Waals surface area contributed by atoms with Crippen LogP contribution in [-0.4, -0.2) is 45.2 Å². The number of methoxy groups -OCH3 is 1. The average molecular weight is 288 g/mol. The minimum Gasteiger partial charge on any atom is -0.384 e. The Morgan fingerprint density at radius 2 is 2.00 bits per heavy atom.